The van der Waals surface area contributed by atoms with Crippen molar-refractivity contribution in [3.8, 4) is 0 Å². The second kappa shape index (κ2) is 15.8. The van der Waals surface area contributed by atoms with Crippen LogP contribution in [0.3, 0.4) is 0 Å². The first kappa shape index (κ1) is 30.9. The van der Waals surface area contributed by atoms with Crippen LogP contribution in [0.5, 0.6) is 0 Å². The van der Waals surface area contributed by atoms with Gasteiger partial charge in [0.15, 0.2) is 0 Å². The van der Waals surface area contributed by atoms with Crippen LogP contribution in [-0.2, 0) is 23.9 Å². The Hall–Kier alpha value is -3.14. The van der Waals surface area contributed by atoms with E-state index >= 15 is 0 Å². The fourth-order valence-electron chi connectivity index (χ4n) is 3.52. The molecule has 1 rings (SSSR count). The molecule has 202 valence electrons. The van der Waals surface area contributed by atoms with E-state index in [2.05, 4.69) is 22.3 Å². The molecular weight excluding hydrogens is 466 g/mol. The van der Waals surface area contributed by atoms with Crippen LogP contribution >= 0.6 is 0 Å². The first-order valence-electron chi connectivity index (χ1n) is 12.3. The number of aliphatic hydroxyl groups excluding tert-OH is 1. The minimum absolute atomic E-state index is 0.209. The maximum absolute atomic E-state index is 13.6. The molecule has 0 aliphatic rings. The Balaban J connectivity index is 3.28. The highest BCUT2D eigenvalue weighted by Gasteiger charge is 2.36. The number of ether oxygens (including phenoxy) is 2. The lowest BCUT2D eigenvalue weighted by molar-refractivity contribution is -0.145. The number of nitrogens with one attached hydrogen (secondary N) is 2. The lowest BCUT2D eigenvalue weighted by atomic mass is 10.0. The molecule has 2 unspecified atom stereocenters. The molecule has 10 heteroatoms. The van der Waals surface area contributed by atoms with Gasteiger partial charge in [0.1, 0.15) is 24.2 Å². The van der Waals surface area contributed by atoms with Crippen molar-refractivity contribution >= 4 is 23.9 Å². The summed E-state index contributed by atoms with van der Waals surface area (Å²) in [6, 6.07) is 6.25. The van der Waals surface area contributed by atoms with Crippen molar-refractivity contribution in [3.05, 3.63) is 35.9 Å². The summed E-state index contributed by atoms with van der Waals surface area (Å²) in [5.74, 6) is -1.85. The topological polar surface area (TPSA) is 134 Å². The monoisotopic (exact) mass is 507 g/mol. The van der Waals surface area contributed by atoms with Crippen molar-refractivity contribution in [3.63, 3.8) is 0 Å². The number of carbonyl (C=O) groups is 4. The highest BCUT2D eigenvalue weighted by molar-refractivity contribution is 5.93. The highest BCUT2D eigenvalue weighted by atomic mass is 16.6. The van der Waals surface area contributed by atoms with E-state index < -0.39 is 48.2 Å². The Kier molecular flexibility index (Phi) is 13.5. The zero-order valence-electron chi connectivity index (χ0n) is 22.0. The Morgan fingerprint density at radius 3 is 2.22 bits per heavy atom. The zero-order chi connectivity index (χ0) is 27.1. The van der Waals surface area contributed by atoms with E-state index in [0.717, 1.165) is 25.7 Å². The van der Waals surface area contributed by atoms with Crippen LogP contribution in [0.15, 0.2) is 30.3 Å². The molecule has 0 spiro atoms. The number of rotatable bonds is 14. The maximum atomic E-state index is 13.6. The molecule has 0 aromatic heterocycles. The third-order valence-electron chi connectivity index (χ3n) is 5.27. The summed E-state index contributed by atoms with van der Waals surface area (Å²) in [4.78, 5) is 52.2. The summed E-state index contributed by atoms with van der Waals surface area (Å²) >= 11 is 0. The van der Waals surface area contributed by atoms with Gasteiger partial charge >= 0.3 is 12.1 Å². The SMILES string of the molecule is CCCCCCCN(C(=O)C(CO)NC(=O)OC(C)(C)C)C(C(=O)NCC(=O)OC)c1ccccc1. The molecule has 0 aliphatic carbocycles. The smallest absolute Gasteiger partial charge is 0.408 e. The molecule has 0 saturated carbocycles. The molecule has 0 fully saturated rings. The van der Waals surface area contributed by atoms with E-state index in [-0.39, 0.29) is 13.1 Å². The van der Waals surface area contributed by atoms with Crippen molar-refractivity contribution < 1.29 is 33.8 Å². The van der Waals surface area contributed by atoms with E-state index in [0.29, 0.717) is 12.0 Å². The summed E-state index contributed by atoms with van der Waals surface area (Å²) in [6.45, 7) is 6.31. The van der Waals surface area contributed by atoms with Gasteiger partial charge in [0.25, 0.3) is 0 Å². The van der Waals surface area contributed by atoms with Gasteiger partial charge in [-0.15, -0.1) is 0 Å². The molecule has 3 N–H and O–H groups in total. The lowest BCUT2D eigenvalue weighted by Crippen LogP contribution is -2.54. The Bertz CT molecular complexity index is 840. The summed E-state index contributed by atoms with van der Waals surface area (Å²) in [5, 5.41) is 14.9. The first-order chi connectivity index (χ1) is 17.0. The standard InChI is InChI=1S/C26H41N3O7/c1-6-7-8-9-13-16-29(24(33)20(18-30)28-25(34)36-26(2,3)4)22(19-14-11-10-12-15-19)23(32)27-17-21(31)35-5/h10-12,14-15,20,22,30H,6-9,13,16-18H2,1-5H3,(H,27,32)(H,28,34). The fourth-order valence-corrected chi connectivity index (χ4v) is 3.52. The molecule has 0 aliphatic heterocycles. The highest BCUT2D eigenvalue weighted by Crippen LogP contribution is 2.23. The number of esters is 1. The van der Waals surface area contributed by atoms with Gasteiger partial charge in [-0.25, -0.2) is 4.79 Å². The third-order valence-corrected chi connectivity index (χ3v) is 5.27. The quantitative estimate of drug-likeness (QED) is 0.260. The number of benzene rings is 1. The third kappa shape index (κ3) is 11.1. The number of aliphatic hydroxyl groups is 1. The molecule has 0 bridgehead atoms. The summed E-state index contributed by atoms with van der Waals surface area (Å²) in [6.07, 6.45) is 3.68. The van der Waals surface area contributed by atoms with Gasteiger partial charge < -0.3 is 30.1 Å². The Labute approximate surface area is 213 Å². The van der Waals surface area contributed by atoms with Crippen LogP contribution in [0.2, 0.25) is 0 Å². The fraction of sp³-hybridized carbons (Fsp3) is 0.615. The minimum atomic E-state index is -1.32. The molecule has 2 atom stereocenters. The Morgan fingerprint density at radius 1 is 1.03 bits per heavy atom. The summed E-state index contributed by atoms with van der Waals surface area (Å²) in [7, 11) is 1.21. The van der Waals surface area contributed by atoms with Crippen LogP contribution in [-0.4, -0.2) is 72.3 Å². The van der Waals surface area contributed by atoms with E-state index in [4.69, 9.17) is 4.74 Å². The van der Waals surface area contributed by atoms with Gasteiger partial charge in [-0.1, -0.05) is 62.9 Å². The second-order valence-corrected chi connectivity index (χ2v) is 9.43. The van der Waals surface area contributed by atoms with Crippen molar-refractivity contribution in [2.24, 2.45) is 0 Å². The number of carbonyl (C=O) groups excluding carboxylic acids is 4. The average Bonchev–Trinajstić information content (AvgIpc) is 2.83. The van der Waals surface area contributed by atoms with Crippen molar-refractivity contribution in [2.75, 3.05) is 26.8 Å². The average molecular weight is 508 g/mol. The molecule has 1 aromatic rings. The van der Waals surface area contributed by atoms with Crippen molar-refractivity contribution in [1.29, 1.82) is 0 Å². The predicted octanol–water partition coefficient (Wildman–Crippen LogP) is 2.70. The van der Waals surface area contributed by atoms with Gasteiger partial charge in [-0.3, -0.25) is 14.4 Å². The van der Waals surface area contributed by atoms with Crippen LogP contribution < -0.4 is 10.6 Å². The number of hydrogen-bond acceptors (Lipinski definition) is 7. The number of alkyl carbamates (subject to hydrolysis) is 1. The van der Waals surface area contributed by atoms with Crippen molar-refractivity contribution in [2.45, 2.75) is 77.5 Å². The molecule has 0 saturated heterocycles. The van der Waals surface area contributed by atoms with Gasteiger partial charge in [-0.05, 0) is 32.8 Å². The van der Waals surface area contributed by atoms with Crippen LogP contribution in [0, 0.1) is 0 Å². The molecule has 3 amide bonds. The van der Waals surface area contributed by atoms with Crippen LogP contribution in [0.1, 0.15) is 71.4 Å². The molecule has 36 heavy (non-hydrogen) atoms. The van der Waals surface area contributed by atoms with Gasteiger partial charge in [0, 0.05) is 6.54 Å². The number of methoxy groups -OCH3 is 1. The van der Waals surface area contributed by atoms with E-state index in [1.165, 1.54) is 12.0 Å². The molecule has 1 aromatic carbocycles. The van der Waals surface area contributed by atoms with E-state index in [1.807, 2.05) is 0 Å². The molecular formula is C26H41N3O7. The normalized spacial score (nSPS) is 12.7. The van der Waals surface area contributed by atoms with E-state index in [9.17, 15) is 24.3 Å². The number of nitrogens with zero attached hydrogens (tertiary/aromatic N) is 1. The van der Waals surface area contributed by atoms with Gasteiger partial charge in [-0.2, -0.15) is 0 Å². The number of unbranched alkanes of at least 4 members (excludes halogenated alkanes) is 4. The molecule has 0 radical (unpaired) electrons. The van der Waals surface area contributed by atoms with Gasteiger partial charge in [0.05, 0.1) is 13.7 Å². The maximum Gasteiger partial charge on any atom is 0.408 e. The van der Waals surface area contributed by atoms with Crippen LogP contribution in [0.4, 0.5) is 4.79 Å². The van der Waals surface area contributed by atoms with Crippen LogP contribution in [0.25, 0.3) is 0 Å². The van der Waals surface area contributed by atoms with Crippen molar-refractivity contribution in [1.82, 2.24) is 15.5 Å². The van der Waals surface area contributed by atoms with Gasteiger partial charge in [0.2, 0.25) is 11.8 Å². The summed E-state index contributed by atoms with van der Waals surface area (Å²) < 4.78 is 9.84. The predicted molar refractivity (Wildman–Crippen MR) is 135 cm³/mol. The first-order valence-corrected chi connectivity index (χ1v) is 12.3. The second-order valence-electron chi connectivity index (χ2n) is 9.43. The largest absolute Gasteiger partial charge is 0.468 e. The Morgan fingerprint density at radius 2 is 1.67 bits per heavy atom. The number of amides is 3. The molecule has 0 heterocycles. The zero-order valence-corrected chi connectivity index (χ0v) is 22.0. The molecule has 10 nitrogen and oxygen atoms in total. The summed E-state index contributed by atoms with van der Waals surface area (Å²) in [5.41, 5.74) is -0.275. The van der Waals surface area contributed by atoms with E-state index in [1.54, 1.807) is 51.1 Å². The lowest BCUT2D eigenvalue weighted by Gasteiger charge is -2.34. The minimum Gasteiger partial charge on any atom is -0.468 e. The number of hydrogen-bond donors (Lipinski definition) is 3.